The van der Waals surface area contributed by atoms with Crippen molar-refractivity contribution < 1.29 is 15.0 Å². The topological polar surface area (TPSA) is 69.6 Å². The zero-order valence-corrected chi connectivity index (χ0v) is 56.8. The van der Waals surface area contributed by atoms with Gasteiger partial charge in [0.25, 0.3) is 0 Å². The van der Waals surface area contributed by atoms with Gasteiger partial charge in [0.15, 0.2) is 0 Å². The summed E-state index contributed by atoms with van der Waals surface area (Å²) in [5.41, 5.74) is 0. The Labute approximate surface area is 517 Å². The van der Waals surface area contributed by atoms with E-state index in [4.69, 9.17) is 0 Å². The Morgan fingerprint density at radius 1 is 0.280 bits per heavy atom. The summed E-state index contributed by atoms with van der Waals surface area (Å²) < 4.78 is 0. The van der Waals surface area contributed by atoms with Crippen LogP contribution in [0, 0.1) is 0 Å². The van der Waals surface area contributed by atoms with Crippen molar-refractivity contribution in [2.24, 2.45) is 0 Å². The van der Waals surface area contributed by atoms with Crippen LogP contribution < -0.4 is 5.32 Å². The molecule has 0 radical (unpaired) electrons. The molecule has 0 saturated heterocycles. The number of unbranched alkanes of at least 4 members (excludes halogenated alkanes) is 67. The van der Waals surface area contributed by atoms with E-state index in [1.807, 2.05) is 6.08 Å². The van der Waals surface area contributed by atoms with Gasteiger partial charge in [0.1, 0.15) is 0 Å². The van der Waals surface area contributed by atoms with Crippen molar-refractivity contribution in [1.82, 2.24) is 5.32 Å². The van der Waals surface area contributed by atoms with E-state index >= 15 is 0 Å². The first-order valence-electron chi connectivity index (χ1n) is 38.9. The van der Waals surface area contributed by atoms with E-state index in [2.05, 4.69) is 19.2 Å². The Hall–Kier alpha value is -0.870. The summed E-state index contributed by atoms with van der Waals surface area (Å²) in [5.74, 6) is -0.0520. The monoisotopic (exact) mass is 1150 g/mol. The van der Waals surface area contributed by atoms with Crippen molar-refractivity contribution in [3.8, 4) is 0 Å². The van der Waals surface area contributed by atoms with Gasteiger partial charge >= 0.3 is 0 Å². The fraction of sp³-hybridized carbons (Fsp3) is 0.962. The molecule has 3 N–H and O–H groups in total. The summed E-state index contributed by atoms with van der Waals surface area (Å²) in [6, 6.07) is -0.620. The number of amides is 1. The highest BCUT2D eigenvalue weighted by molar-refractivity contribution is 5.76. The normalized spacial score (nSPS) is 12.6. The number of carbonyl (C=O) groups is 1. The van der Waals surface area contributed by atoms with Crippen molar-refractivity contribution in [2.45, 2.75) is 475 Å². The highest BCUT2D eigenvalue weighted by Crippen LogP contribution is 2.21. The predicted molar refractivity (Wildman–Crippen MR) is 369 cm³/mol. The molecular formula is C78H155NO3. The number of hydrogen-bond acceptors (Lipinski definition) is 3. The van der Waals surface area contributed by atoms with Crippen LogP contribution in [0.15, 0.2) is 12.2 Å². The smallest absolute Gasteiger partial charge is 0.220 e. The summed E-state index contributed by atoms with van der Waals surface area (Å²) >= 11 is 0. The van der Waals surface area contributed by atoms with E-state index < -0.39 is 12.1 Å². The maximum atomic E-state index is 12.6. The van der Waals surface area contributed by atoms with E-state index in [1.54, 1.807) is 6.08 Å². The predicted octanol–water partition coefficient (Wildman–Crippen LogP) is 26.7. The van der Waals surface area contributed by atoms with Crippen LogP contribution in [-0.4, -0.2) is 34.9 Å². The number of rotatable bonds is 74. The molecule has 0 aromatic carbocycles. The van der Waals surface area contributed by atoms with E-state index in [-0.39, 0.29) is 12.5 Å². The highest BCUT2D eigenvalue weighted by atomic mass is 16.3. The molecule has 4 heteroatoms. The molecule has 0 rings (SSSR count). The lowest BCUT2D eigenvalue weighted by molar-refractivity contribution is -0.123. The van der Waals surface area contributed by atoms with Gasteiger partial charge in [-0.3, -0.25) is 4.79 Å². The molecule has 82 heavy (non-hydrogen) atoms. The number of allylic oxidation sites excluding steroid dienone is 1. The molecule has 0 aromatic heterocycles. The van der Waals surface area contributed by atoms with E-state index in [0.29, 0.717) is 6.42 Å². The number of nitrogens with one attached hydrogen (secondary N) is 1. The molecule has 0 saturated carbocycles. The molecule has 0 aliphatic rings. The molecule has 0 aliphatic carbocycles. The molecular weight excluding hydrogens is 999 g/mol. The van der Waals surface area contributed by atoms with Gasteiger partial charge in [0.2, 0.25) is 5.91 Å². The Kier molecular flexibility index (Phi) is 73.6. The van der Waals surface area contributed by atoms with Gasteiger partial charge < -0.3 is 15.5 Å². The van der Waals surface area contributed by atoms with Gasteiger partial charge in [-0.1, -0.05) is 450 Å². The molecule has 2 atom stereocenters. The Morgan fingerprint density at radius 3 is 0.634 bits per heavy atom. The van der Waals surface area contributed by atoms with Gasteiger partial charge in [-0.05, 0) is 19.3 Å². The Morgan fingerprint density at radius 2 is 0.451 bits per heavy atom. The minimum absolute atomic E-state index is 0.0520. The number of aliphatic hydroxyl groups excluding tert-OH is 2. The van der Waals surface area contributed by atoms with Crippen molar-refractivity contribution in [1.29, 1.82) is 0 Å². The van der Waals surface area contributed by atoms with Crippen LogP contribution in [0.4, 0.5) is 0 Å². The summed E-state index contributed by atoms with van der Waals surface area (Å²) in [4.78, 5) is 12.6. The standard InChI is InChI=1S/C78H155NO3/c1-3-5-7-9-11-13-15-17-19-21-23-25-27-29-31-33-34-35-36-37-38-39-40-41-42-43-44-46-48-50-52-54-56-58-60-62-64-66-68-70-72-74-78(82)79-76(75-80)77(81)73-71-69-67-65-63-61-59-57-55-53-51-49-47-45-32-30-28-26-24-22-20-18-16-14-12-10-8-6-4-2/h71,73,76-77,80-81H,3-70,72,74-75H2,1-2H3,(H,79,82)/b73-71+. The Balaban J connectivity index is 3.35. The minimum atomic E-state index is -0.838. The summed E-state index contributed by atoms with van der Waals surface area (Å²) in [7, 11) is 0. The van der Waals surface area contributed by atoms with Gasteiger partial charge in [-0.15, -0.1) is 0 Å². The third-order valence-electron chi connectivity index (χ3n) is 18.8. The molecule has 0 aliphatic heterocycles. The van der Waals surface area contributed by atoms with E-state index in [9.17, 15) is 15.0 Å². The molecule has 0 aromatic rings. The van der Waals surface area contributed by atoms with E-state index in [0.717, 1.165) is 25.7 Å². The highest BCUT2D eigenvalue weighted by Gasteiger charge is 2.18. The summed E-state index contributed by atoms with van der Waals surface area (Å²) in [5, 5.41) is 23.3. The molecule has 1 amide bonds. The van der Waals surface area contributed by atoms with Gasteiger partial charge in [0, 0.05) is 6.42 Å². The first-order valence-corrected chi connectivity index (χ1v) is 38.9. The number of carbonyl (C=O) groups excluding carboxylic acids is 1. The van der Waals surface area contributed by atoms with Crippen molar-refractivity contribution >= 4 is 5.91 Å². The lowest BCUT2D eigenvalue weighted by atomic mass is 10.0. The number of aliphatic hydroxyl groups is 2. The largest absolute Gasteiger partial charge is 0.394 e. The van der Waals surface area contributed by atoms with Gasteiger partial charge in [-0.2, -0.15) is 0 Å². The van der Waals surface area contributed by atoms with Crippen LogP contribution in [0.3, 0.4) is 0 Å². The van der Waals surface area contributed by atoms with Crippen molar-refractivity contribution in [3.63, 3.8) is 0 Å². The molecule has 0 spiro atoms. The maximum Gasteiger partial charge on any atom is 0.220 e. The number of hydrogen-bond donors (Lipinski definition) is 3. The second kappa shape index (κ2) is 74.4. The second-order valence-corrected chi connectivity index (χ2v) is 27.1. The molecule has 0 fully saturated rings. The molecule has 0 bridgehead atoms. The van der Waals surface area contributed by atoms with Crippen LogP contribution in [0.25, 0.3) is 0 Å². The van der Waals surface area contributed by atoms with Crippen LogP contribution in [0.5, 0.6) is 0 Å². The lowest BCUT2D eigenvalue weighted by Gasteiger charge is -2.20. The Bertz CT molecular complexity index is 1170. The van der Waals surface area contributed by atoms with Crippen LogP contribution >= 0.6 is 0 Å². The van der Waals surface area contributed by atoms with Gasteiger partial charge in [0.05, 0.1) is 18.8 Å². The second-order valence-electron chi connectivity index (χ2n) is 27.1. The summed E-state index contributed by atoms with van der Waals surface area (Å²) in [6.07, 6.45) is 101. The molecule has 490 valence electrons. The fourth-order valence-electron chi connectivity index (χ4n) is 12.9. The first kappa shape index (κ1) is 81.1. The maximum absolute atomic E-state index is 12.6. The average Bonchev–Trinajstić information content (AvgIpc) is 3.50. The fourth-order valence-corrected chi connectivity index (χ4v) is 12.9. The summed E-state index contributed by atoms with van der Waals surface area (Å²) in [6.45, 7) is 4.37. The van der Waals surface area contributed by atoms with Crippen molar-refractivity contribution in [3.05, 3.63) is 12.2 Å². The third-order valence-corrected chi connectivity index (χ3v) is 18.8. The zero-order valence-electron chi connectivity index (χ0n) is 56.8. The van der Waals surface area contributed by atoms with Crippen LogP contribution in [0.1, 0.15) is 463 Å². The van der Waals surface area contributed by atoms with E-state index in [1.165, 1.54) is 417 Å². The molecule has 4 nitrogen and oxygen atoms in total. The van der Waals surface area contributed by atoms with Crippen LogP contribution in [0.2, 0.25) is 0 Å². The van der Waals surface area contributed by atoms with Gasteiger partial charge in [-0.25, -0.2) is 0 Å². The first-order chi connectivity index (χ1) is 40.7. The quantitative estimate of drug-likeness (QED) is 0.0420. The molecule has 0 heterocycles. The zero-order chi connectivity index (χ0) is 59.1. The molecule has 2 unspecified atom stereocenters. The third kappa shape index (κ3) is 69.9. The minimum Gasteiger partial charge on any atom is -0.394 e. The lowest BCUT2D eigenvalue weighted by Crippen LogP contribution is -2.45. The van der Waals surface area contributed by atoms with Crippen molar-refractivity contribution in [2.75, 3.05) is 6.61 Å². The SMILES string of the molecule is CCCCCCCCCCCCCCCCCCCCCCCCCCCCC/C=C/C(O)C(CO)NC(=O)CCCCCCCCCCCCCCCCCCCCCCCCCCCCCCCCCCCCCCCCCCC. The van der Waals surface area contributed by atoms with Crippen LogP contribution in [-0.2, 0) is 4.79 Å². The average molecular weight is 1160 g/mol.